The first-order chi connectivity index (χ1) is 6.74. The molecule has 0 spiro atoms. The molecule has 1 aliphatic rings. The van der Waals surface area contributed by atoms with Crippen LogP contribution in [0.25, 0.3) is 0 Å². The smallest absolute Gasteiger partial charge is 0.0899 e. The lowest BCUT2D eigenvalue weighted by atomic mass is 10.0. The Bertz CT molecular complexity index is 304. The summed E-state index contributed by atoms with van der Waals surface area (Å²) < 4.78 is 0. The molecule has 76 valence electrons. The van der Waals surface area contributed by atoms with Gasteiger partial charge >= 0.3 is 0 Å². The van der Waals surface area contributed by atoms with E-state index in [0.29, 0.717) is 6.61 Å². The number of hydrogen-bond donors (Lipinski definition) is 2. The van der Waals surface area contributed by atoms with Gasteiger partial charge in [0.25, 0.3) is 0 Å². The van der Waals surface area contributed by atoms with Gasteiger partial charge in [0.15, 0.2) is 0 Å². The van der Waals surface area contributed by atoms with Gasteiger partial charge in [0.05, 0.1) is 12.2 Å². The third-order valence-corrected chi connectivity index (χ3v) is 2.72. The summed E-state index contributed by atoms with van der Waals surface area (Å²) in [6.45, 7) is 0.531. The zero-order valence-corrected chi connectivity index (χ0v) is 8.07. The van der Waals surface area contributed by atoms with Crippen LogP contribution in [0.3, 0.4) is 0 Å². The Kier molecular flexibility index (Phi) is 2.54. The van der Waals surface area contributed by atoms with Gasteiger partial charge in [-0.3, -0.25) is 0 Å². The maximum atomic E-state index is 9.82. The molecule has 0 radical (unpaired) electrons. The van der Waals surface area contributed by atoms with Crippen molar-refractivity contribution in [1.29, 1.82) is 0 Å². The van der Waals surface area contributed by atoms with Crippen LogP contribution < -0.4 is 5.90 Å². The Morgan fingerprint density at radius 3 is 2.43 bits per heavy atom. The van der Waals surface area contributed by atoms with E-state index in [1.165, 1.54) is 5.56 Å². The Morgan fingerprint density at radius 2 is 1.93 bits per heavy atom. The molecule has 0 unspecified atom stereocenters. The fraction of sp³-hybridized carbons (Fsp3) is 0.455. The SMILES string of the molecule is NOCCc1ccc(C2(O)CC2)cc1. The summed E-state index contributed by atoms with van der Waals surface area (Å²) in [4.78, 5) is 4.51. The van der Waals surface area contributed by atoms with Crippen LogP contribution in [0.1, 0.15) is 24.0 Å². The molecule has 1 aromatic rings. The maximum Gasteiger partial charge on any atom is 0.0899 e. The minimum absolute atomic E-state index is 0.525. The normalized spacial score (nSPS) is 18.1. The zero-order chi connectivity index (χ0) is 10.0. The van der Waals surface area contributed by atoms with E-state index in [-0.39, 0.29) is 0 Å². The summed E-state index contributed by atoms with van der Waals surface area (Å²) in [5.74, 6) is 4.95. The molecule has 0 saturated heterocycles. The predicted molar refractivity (Wildman–Crippen MR) is 53.4 cm³/mol. The van der Waals surface area contributed by atoms with Crippen LogP contribution >= 0.6 is 0 Å². The average molecular weight is 193 g/mol. The second-order valence-corrected chi connectivity index (χ2v) is 3.85. The standard InChI is InChI=1S/C11H15NO2/c12-14-8-5-9-1-3-10(4-2-9)11(13)6-7-11/h1-4,13H,5-8,12H2. The molecule has 0 aromatic heterocycles. The van der Waals surface area contributed by atoms with E-state index < -0.39 is 5.60 Å². The van der Waals surface area contributed by atoms with Crippen LogP contribution in [0.4, 0.5) is 0 Å². The molecule has 1 saturated carbocycles. The molecular weight excluding hydrogens is 178 g/mol. The van der Waals surface area contributed by atoms with E-state index in [0.717, 1.165) is 24.8 Å². The molecule has 0 atom stereocenters. The lowest BCUT2D eigenvalue weighted by Gasteiger charge is -2.08. The number of benzene rings is 1. The van der Waals surface area contributed by atoms with Crippen molar-refractivity contribution in [2.24, 2.45) is 5.90 Å². The predicted octanol–water partition coefficient (Wildman–Crippen LogP) is 1.10. The van der Waals surface area contributed by atoms with Gasteiger partial charge in [-0.15, -0.1) is 0 Å². The van der Waals surface area contributed by atoms with Gasteiger partial charge in [0.2, 0.25) is 0 Å². The van der Waals surface area contributed by atoms with Crippen molar-refractivity contribution in [2.75, 3.05) is 6.61 Å². The largest absolute Gasteiger partial charge is 0.385 e. The summed E-state index contributed by atoms with van der Waals surface area (Å²) in [6, 6.07) is 8.01. The highest BCUT2D eigenvalue weighted by molar-refractivity contribution is 5.30. The lowest BCUT2D eigenvalue weighted by Crippen LogP contribution is -2.06. The molecule has 3 N–H and O–H groups in total. The minimum Gasteiger partial charge on any atom is -0.385 e. The Balaban J connectivity index is 2.03. The molecule has 14 heavy (non-hydrogen) atoms. The highest BCUT2D eigenvalue weighted by Gasteiger charge is 2.41. The number of rotatable bonds is 4. The zero-order valence-electron chi connectivity index (χ0n) is 8.07. The summed E-state index contributed by atoms with van der Waals surface area (Å²) in [6.07, 6.45) is 2.59. The molecule has 2 rings (SSSR count). The molecule has 0 bridgehead atoms. The van der Waals surface area contributed by atoms with Crippen molar-refractivity contribution in [1.82, 2.24) is 0 Å². The lowest BCUT2D eigenvalue weighted by molar-refractivity contribution is 0.141. The summed E-state index contributed by atoms with van der Waals surface area (Å²) in [7, 11) is 0. The number of hydrogen-bond acceptors (Lipinski definition) is 3. The van der Waals surface area contributed by atoms with Gasteiger partial charge in [-0.1, -0.05) is 24.3 Å². The maximum absolute atomic E-state index is 9.82. The van der Waals surface area contributed by atoms with Crippen LogP contribution in [0, 0.1) is 0 Å². The molecule has 0 aliphatic heterocycles. The van der Waals surface area contributed by atoms with Crippen molar-refractivity contribution in [3.63, 3.8) is 0 Å². The third-order valence-electron chi connectivity index (χ3n) is 2.72. The van der Waals surface area contributed by atoms with E-state index in [1.54, 1.807) is 0 Å². The van der Waals surface area contributed by atoms with E-state index in [1.807, 2.05) is 24.3 Å². The van der Waals surface area contributed by atoms with Crippen molar-refractivity contribution < 1.29 is 9.94 Å². The van der Waals surface area contributed by atoms with Gasteiger partial charge in [0.1, 0.15) is 0 Å². The average Bonchev–Trinajstić information content (AvgIpc) is 2.96. The van der Waals surface area contributed by atoms with Crippen LogP contribution in [0.5, 0.6) is 0 Å². The van der Waals surface area contributed by atoms with Gasteiger partial charge < -0.3 is 9.94 Å². The number of aliphatic hydroxyl groups is 1. The first-order valence-corrected chi connectivity index (χ1v) is 4.88. The van der Waals surface area contributed by atoms with E-state index in [4.69, 9.17) is 5.90 Å². The highest BCUT2D eigenvalue weighted by Crippen LogP contribution is 2.45. The van der Waals surface area contributed by atoms with E-state index in [9.17, 15) is 5.11 Å². The summed E-state index contributed by atoms with van der Waals surface area (Å²) in [5.41, 5.74) is 1.68. The summed E-state index contributed by atoms with van der Waals surface area (Å²) >= 11 is 0. The minimum atomic E-state index is -0.525. The Hall–Kier alpha value is -0.900. The van der Waals surface area contributed by atoms with Crippen molar-refractivity contribution in [3.05, 3.63) is 35.4 Å². The molecule has 1 aromatic carbocycles. The van der Waals surface area contributed by atoms with Crippen molar-refractivity contribution in [3.8, 4) is 0 Å². The molecule has 0 heterocycles. The van der Waals surface area contributed by atoms with Crippen LogP contribution in [-0.4, -0.2) is 11.7 Å². The molecule has 1 fully saturated rings. The molecule has 1 aliphatic carbocycles. The fourth-order valence-electron chi connectivity index (χ4n) is 1.57. The van der Waals surface area contributed by atoms with E-state index >= 15 is 0 Å². The van der Waals surface area contributed by atoms with Crippen LogP contribution in [0.2, 0.25) is 0 Å². The molecule has 0 amide bonds. The first kappa shape index (κ1) is 9.65. The van der Waals surface area contributed by atoms with Gasteiger partial charge in [0, 0.05) is 0 Å². The first-order valence-electron chi connectivity index (χ1n) is 4.88. The van der Waals surface area contributed by atoms with Crippen molar-refractivity contribution in [2.45, 2.75) is 24.9 Å². The highest BCUT2D eigenvalue weighted by atomic mass is 16.6. The second kappa shape index (κ2) is 3.69. The van der Waals surface area contributed by atoms with Gasteiger partial charge in [-0.25, -0.2) is 5.90 Å². The molecular formula is C11H15NO2. The topological polar surface area (TPSA) is 55.5 Å². The van der Waals surface area contributed by atoms with E-state index in [2.05, 4.69) is 4.84 Å². The Labute approximate surface area is 83.5 Å². The van der Waals surface area contributed by atoms with Gasteiger partial charge in [-0.05, 0) is 30.4 Å². The quantitative estimate of drug-likeness (QED) is 0.704. The van der Waals surface area contributed by atoms with Crippen LogP contribution in [0.15, 0.2) is 24.3 Å². The Morgan fingerprint density at radius 1 is 1.29 bits per heavy atom. The third kappa shape index (κ3) is 1.95. The monoisotopic (exact) mass is 193 g/mol. The fourth-order valence-corrected chi connectivity index (χ4v) is 1.57. The molecule has 3 heteroatoms. The number of nitrogens with two attached hydrogens (primary N) is 1. The second-order valence-electron chi connectivity index (χ2n) is 3.85. The molecule has 3 nitrogen and oxygen atoms in total. The van der Waals surface area contributed by atoms with Crippen LogP contribution in [-0.2, 0) is 16.9 Å². The summed E-state index contributed by atoms with van der Waals surface area (Å²) in [5, 5.41) is 9.82. The van der Waals surface area contributed by atoms with Crippen molar-refractivity contribution >= 4 is 0 Å². The van der Waals surface area contributed by atoms with Gasteiger partial charge in [-0.2, -0.15) is 0 Å².